The Kier molecular flexibility index (Phi) is 5.91. The third-order valence-corrected chi connectivity index (χ3v) is 5.68. The van der Waals surface area contributed by atoms with Crippen LogP contribution in [0.15, 0.2) is 35.7 Å². The Labute approximate surface area is 162 Å². The van der Waals surface area contributed by atoms with Crippen LogP contribution in [-0.2, 0) is 4.79 Å². The lowest BCUT2D eigenvalue weighted by Gasteiger charge is -2.34. The van der Waals surface area contributed by atoms with Crippen LogP contribution in [0.5, 0.6) is 0 Å². The third kappa shape index (κ3) is 4.54. The zero-order valence-electron chi connectivity index (χ0n) is 15.5. The summed E-state index contributed by atoms with van der Waals surface area (Å²) in [5.41, 5.74) is 2.72. The maximum absolute atomic E-state index is 12.4. The zero-order chi connectivity index (χ0) is 19.4. The number of carbonyl (C=O) groups excluding carboxylic acids is 3. The van der Waals surface area contributed by atoms with Crippen molar-refractivity contribution in [3.8, 4) is 0 Å². The minimum Gasteiger partial charge on any atom is -0.343 e. The van der Waals surface area contributed by atoms with Crippen LogP contribution < -0.4 is 5.32 Å². The van der Waals surface area contributed by atoms with Gasteiger partial charge in [-0.15, -0.1) is 11.3 Å². The number of hydrogen-bond donors (Lipinski definition) is 1. The van der Waals surface area contributed by atoms with Gasteiger partial charge in [-0.3, -0.25) is 14.4 Å². The second-order valence-corrected chi connectivity index (χ2v) is 7.58. The molecule has 0 atom stereocenters. The highest BCUT2D eigenvalue weighted by atomic mass is 32.1. The van der Waals surface area contributed by atoms with Gasteiger partial charge in [0.05, 0.1) is 11.4 Å². The van der Waals surface area contributed by atoms with Gasteiger partial charge in [0, 0.05) is 31.7 Å². The molecular weight excluding hydrogens is 362 g/mol. The van der Waals surface area contributed by atoms with E-state index in [9.17, 15) is 14.4 Å². The highest BCUT2D eigenvalue weighted by Gasteiger charge is 2.25. The van der Waals surface area contributed by atoms with Crippen LogP contribution in [0.3, 0.4) is 0 Å². The number of benzene rings is 1. The Morgan fingerprint density at radius 2 is 1.70 bits per heavy atom. The predicted octanol–water partition coefficient (Wildman–Crippen LogP) is 2.08. The van der Waals surface area contributed by atoms with E-state index in [2.05, 4.69) is 5.32 Å². The van der Waals surface area contributed by atoms with E-state index in [4.69, 9.17) is 0 Å². The van der Waals surface area contributed by atoms with E-state index in [0.717, 1.165) is 16.0 Å². The fraction of sp³-hybridized carbons (Fsp3) is 0.350. The van der Waals surface area contributed by atoms with Gasteiger partial charge in [0.15, 0.2) is 0 Å². The number of hydrogen-bond acceptors (Lipinski definition) is 4. The molecule has 1 aromatic heterocycles. The maximum Gasteiger partial charge on any atom is 0.264 e. The first kappa shape index (κ1) is 19.1. The molecule has 0 radical (unpaired) electrons. The van der Waals surface area contributed by atoms with E-state index < -0.39 is 0 Å². The second kappa shape index (κ2) is 8.35. The number of aryl methyl sites for hydroxylation is 2. The molecule has 1 saturated heterocycles. The summed E-state index contributed by atoms with van der Waals surface area (Å²) in [6.45, 7) is 5.88. The molecule has 7 heteroatoms. The molecule has 3 rings (SSSR count). The van der Waals surface area contributed by atoms with Crippen LogP contribution in [0.2, 0.25) is 0 Å². The Balaban J connectivity index is 1.47. The normalized spacial score (nSPS) is 14.1. The summed E-state index contributed by atoms with van der Waals surface area (Å²) in [5, 5.41) is 4.57. The topological polar surface area (TPSA) is 69.7 Å². The van der Waals surface area contributed by atoms with Crippen LogP contribution in [0, 0.1) is 13.8 Å². The Bertz CT molecular complexity index is 840. The van der Waals surface area contributed by atoms with Gasteiger partial charge in [-0.25, -0.2) is 0 Å². The van der Waals surface area contributed by atoms with Crippen molar-refractivity contribution in [1.82, 2.24) is 15.1 Å². The average molecular weight is 385 g/mol. The highest BCUT2D eigenvalue weighted by molar-refractivity contribution is 7.12. The van der Waals surface area contributed by atoms with Gasteiger partial charge in [-0.1, -0.05) is 12.1 Å². The van der Waals surface area contributed by atoms with Gasteiger partial charge in [0.25, 0.3) is 11.8 Å². The molecule has 0 bridgehead atoms. The number of nitrogens with one attached hydrogen (secondary N) is 1. The van der Waals surface area contributed by atoms with Crippen molar-refractivity contribution in [1.29, 1.82) is 0 Å². The lowest BCUT2D eigenvalue weighted by atomic mass is 10.1. The van der Waals surface area contributed by atoms with Gasteiger partial charge in [-0.05, 0) is 48.6 Å². The number of nitrogens with zero attached hydrogens (tertiary/aromatic N) is 2. The Hall–Kier alpha value is -2.67. The van der Waals surface area contributed by atoms with Crippen LogP contribution in [0.25, 0.3) is 0 Å². The summed E-state index contributed by atoms with van der Waals surface area (Å²) >= 11 is 1.42. The summed E-state index contributed by atoms with van der Waals surface area (Å²) in [6, 6.07) is 9.15. The molecule has 0 unspecified atom stereocenters. The number of rotatable bonds is 4. The lowest BCUT2D eigenvalue weighted by Crippen LogP contribution is -2.52. The number of thiophene rings is 1. The van der Waals surface area contributed by atoms with E-state index >= 15 is 0 Å². The van der Waals surface area contributed by atoms with Crippen LogP contribution in [0.1, 0.15) is 31.2 Å². The van der Waals surface area contributed by atoms with Crippen LogP contribution >= 0.6 is 11.3 Å². The van der Waals surface area contributed by atoms with E-state index in [1.165, 1.54) is 11.3 Å². The van der Waals surface area contributed by atoms with E-state index in [-0.39, 0.29) is 24.3 Å². The summed E-state index contributed by atoms with van der Waals surface area (Å²) in [6.07, 6.45) is 0. The van der Waals surface area contributed by atoms with E-state index in [1.807, 2.05) is 43.5 Å². The summed E-state index contributed by atoms with van der Waals surface area (Å²) in [4.78, 5) is 41.1. The molecule has 0 saturated carbocycles. The smallest absolute Gasteiger partial charge is 0.264 e. The molecule has 27 heavy (non-hydrogen) atoms. The monoisotopic (exact) mass is 385 g/mol. The molecule has 3 amide bonds. The molecule has 1 aliphatic heterocycles. The largest absolute Gasteiger partial charge is 0.343 e. The SMILES string of the molecule is Cc1ccc(C(=O)NCC(=O)N2CCN(C(=O)c3cccs3)CC2)cc1C. The molecule has 2 aromatic rings. The molecule has 1 N–H and O–H groups in total. The number of piperazine rings is 1. The van der Waals surface area contributed by atoms with Crippen molar-refractivity contribution in [3.63, 3.8) is 0 Å². The Morgan fingerprint density at radius 3 is 2.33 bits per heavy atom. The van der Waals surface area contributed by atoms with E-state index in [1.54, 1.807) is 15.9 Å². The van der Waals surface area contributed by atoms with Crippen LogP contribution in [0.4, 0.5) is 0 Å². The fourth-order valence-electron chi connectivity index (χ4n) is 2.97. The number of amides is 3. The average Bonchev–Trinajstić information content (AvgIpc) is 3.22. The maximum atomic E-state index is 12.4. The first-order valence-electron chi connectivity index (χ1n) is 8.91. The first-order valence-corrected chi connectivity index (χ1v) is 9.79. The lowest BCUT2D eigenvalue weighted by molar-refractivity contribution is -0.131. The van der Waals surface area contributed by atoms with Gasteiger partial charge in [-0.2, -0.15) is 0 Å². The van der Waals surface area contributed by atoms with E-state index in [0.29, 0.717) is 31.7 Å². The molecule has 1 aromatic carbocycles. The molecule has 6 nitrogen and oxygen atoms in total. The standard InChI is InChI=1S/C20H23N3O3S/c1-14-5-6-16(12-15(14)2)19(25)21-13-18(24)22-7-9-23(10-8-22)20(26)17-4-3-11-27-17/h3-6,11-12H,7-10,13H2,1-2H3,(H,21,25). The molecule has 142 valence electrons. The molecular formula is C20H23N3O3S. The van der Waals surface area contributed by atoms with Crippen molar-refractivity contribution in [2.24, 2.45) is 0 Å². The van der Waals surface area contributed by atoms with Gasteiger partial charge < -0.3 is 15.1 Å². The molecule has 2 heterocycles. The van der Waals surface area contributed by atoms with Crippen molar-refractivity contribution in [2.75, 3.05) is 32.7 Å². The van der Waals surface area contributed by atoms with Crippen molar-refractivity contribution in [2.45, 2.75) is 13.8 Å². The minimum atomic E-state index is -0.252. The molecule has 0 spiro atoms. The van der Waals surface area contributed by atoms with Gasteiger partial charge in [0.2, 0.25) is 5.91 Å². The molecule has 0 aliphatic carbocycles. The number of carbonyl (C=O) groups is 3. The van der Waals surface area contributed by atoms with Gasteiger partial charge in [0.1, 0.15) is 0 Å². The summed E-state index contributed by atoms with van der Waals surface area (Å²) in [5.74, 6) is -0.367. The zero-order valence-corrected chi connectivity index (χ0v) is 16.3. The molecule has 1 aliphatic rings. The van der Waals surface area contributed by atoms with Crippen molar-refractivity contribution in [3.05, 3.63) is 57.3 Å². The third-order valence-electron chi connectivity index (χ3n) is 4.82. The predicted molar refractivity (Wildman–Crippen MR) is 105 cm³/mol. The van der Waals surface area contributed by atoms with Gasteiger partial charge >= 0.3 is 0 Å². The quantitative estimate of drug-likeness (QED) is 0.876. The fourth-order valence-corrected chi connectivity index (χ4v) is 3.66. The minimum absolute atomic E-state index is 0.0140. The first-order chi connectivity index (χ1) is 13.0. The van der Waals surface area contributed by atoms with Crippen molar-refractivity contribution < 1.29 is 14.4 Å². The van der Waals surface area contributed by atoms with Crippen molar-refractivity contribution >= 4 is 29.1 Å². The second-order valence-electron chi connectivity index (χ2n) is 6.63. The van der Waals surface area contributed by atoms with Crippen LogP contribution in [-0.4, -0.2) is 60.2 Å². The summed E-state index contributed by atoms with van der Waals surface area (Å²) in [7, 11) is 0. The Morgan fingerprint density at radius 1 is 1.00 bits per heavy atom. The summed E-state index contributed by atoms with van der Waals surface area (Å²) < 4.78 is 0. The highest BCUT2D eigenvalue weighted by Crippen LogP contribution is 2.14. The molecule has 1 fully saturated rings.